The molecule has 1 aliphatic rings. The van der Waals surface area contributed by atoms with Gasteiger partial charge in [-0.3, -0.25) is 0 Å². The van der Waals surface area contributed by atoms with Crippen LogP contribution in [0.25, 0.3) is 0 Å². The molecular formula is C15H31N. The van der Waals surface area contributed by atoms with Gasteiger partial charge in [0.05, 0.1) is 0 Å². The molecule has 0 heterocycles. The maximum atomic E-state index is 2.74. The molecule has 16 heavy (non-hydrogen) atoms. The summed E-state index contributed by atoms with van der Waals surface area (Å²) in [4.78, 5) is 2.74. The van der Waals surface area contributed by atoms with E-state index in [1.54, 1.807) is 0 Å². The number of nitrogens with zero attached hydrogens (tertiary/aromatic N) is 1. The molecule has 96 valence electrons. The Morgan fingerprint density at radius 3 is 2.19 bits per heavy atom. The molecule has 0 amide bonds. The van der Waals surface area contributed by atoms with Crippen LogP contribution in [0.5, 0.6) is 0 Å². The summed E-state index contributed by atoms with van der Waals surface area (Å²) in [6.45, 7) is 12.0. The maximum Gasteiger partial charge on any atom is 0.00953 e. The smallest absolute Gasteiger partial charge is 0.00953 e. The zero-order chi connectivity index (χ0) is 12.0. The molecule has 1 nitrogen and oxygen atoms in total. The van der Waals surface area contributed by atoms with Crippen molar-refractivity contribution in [1.82, 2.24) is 4.90 Å². The van der Waals surface area contributed by atoms with Gasteiger partial charge in [-0.2, -0.15) is 0 Å². The molecule has 0 N–H and O–H groups in total. The summed E-state index contributed by atoms with van der Waals surface area (Å²) in [6.07, 6.45) is 9.93. The first-order chi connectivity index (χ1) is 7.59. The molecule has 1 aliphatic carbocycles. The lowest BCUT2D eigenvalue weighted by molar-refractivity contribution is 0.104. The fraction of sp³-hybridized carbons (Fsp3) is 1.00. The normalized spacial score (nSPS) is 19.3. The van der Waals surface area contributed by atoms with Crippen molar-refractivity contribution in [2.45, 2.75) is 78.7 Å². The fourth-order valence-electron chi connectivity index (χ4n) is 3.25. The predicted molar refractivity (Wildman–Crippen MR) is 72.8 cm³/mol. The van der Waals surface area contributed by atoms with Crippen LogP contribution < -0.4 is 0 Å². The molecule has 0 aliphatic heterocycles. The van der Waals surface area contributed by atoms with Gasteiger partial charge in [-0.15, -0.1) is 0 Å². The van der Waals surface area contributed by atoms with Crippen LogP contribution in [0.15, 0.2) is 0 Å². The molecular weight excluding hydrogens is 194 g/mol. The zero-order valence-electron chi connectivity index (χ0n) is 11.9. The van der Waals surface area contributed by atoms with Gasteiger partial charge in [-0.25, -0.2) is 0 Å². The molecule has 1 heteroatoms. The molecule has 1 fully saturated rings. The second-order valence-electron chi connectivity index (χ2n) is 6.27. The molecule has 0 unspecified atom stereocenters. The van der Waals surface area contributed by atoms with Crippen LogP contribution in [-0.4, -0.2) is 24.0 Å². The molecule has 0 saturated heterocycles. The lowest BCUT2D eigenvalue weighted by atomic mass is 9.85. The second kappa shape index (κ2) is 6.64. The van der Waals surface area contributed by atoms with Crippen LogP contribution in [0.2, 0.25) is 0 Å². The van der Waals surface area contributed by atoms with Crippen LogP contribution in [0.1, 0.15) is 72.6 Å². The Kier molecular flexibility index (Phi) is 5.82. The van der Waals surface area contributed by atoms with Crippen LogP contribution in [0, 0.1) is 5.41 Å². The number of rotatable bonds is 6. The molecule has 0 aromatic carbocycles. The molecule has 0 aromatic heterocycles. The molecule has 0 aromatic rings. The minimum Gasteiger partial charge on any atom is -0.300 e. The molecule has 0 atom stereocenters. The highest BCUT2D eigenvalue weighted by atomic mass is 15.2. The Bertz CT molecular complexity index is 180. The van der Waals surface area contributed by atoms with Gasteiger partial charge in [-0.05, 0) is 31.2 Å². The monoisotopic (exact) mass is 225 g/mol. The average Bonchev–Trinajstić information content (AvgIpc) is 2.27. The summed E-state index contributed by atoms with van der Waals surface area (Å²) >= 11 is 0. The van der Waals surface area contributed by atoms with Crippen molar-refractivity contribution in [3.05, 3.63) is 0 Å². The summed E-state index contributed by atoms with van der Waals surface area (Å²) in [6, 6.07) is 0.884. The first-order valence-corrected chi connectivity index (χ1v) is 7.33. The van der Waals surface area contributed by atoms with Crippen LogP contribution in [0.4, 0.5) is 0 Å². The van der Waals surface area contributed by atoms with Gasteiger partial charge in [0.1, 0.15) is 0 Å². The minimum absolute atomic E-state index is 0.502. The Balaban J connectivity index is 2.46. The van der Waals surface area contributed by atoms with Crippen molar-refractivity contribution in [3.8, 4) is 0 Å². The predicted octanol–water partition coefficient (Wildman–Crippen LogP) is 4.47. The minimum atomic E-state index is 0.502. The Hall–Kier alpha value is -0.0400. The lowest BCUT2D eigenvalue weighted by Crippen LogP contribution is -2.42. The van der Waals surface area contributed by atoms with E-state index >= 15 is 0 Å². The van der Waals surface area contributed by atoms with E-state index in [0.29, 0.717) is 5.41 Å². The van der Waals surface area contributed by atoms with Gasteiger partial charge >= 0.3 is 0 Å². The highest BCUT2D eigenvalue weighted by Crippen LogP contribution is 2.28. The zero-order valence-corrected chi connectivity index (χ0v) is 11.9. The third-order valence-corrected chi connectivity index (χ3v) is 4.06. The van der Waals surface area contributed by atoms with Crippen molar-refractivity contribution < 1.29 is 0 Å². The van der Waals surface area contributed by atoms with Crippen LogP contribution in [0.3, 0.4) is 0 Å². The van der Waals surface area contributed by atoms with Gasteiger partial charge < -0.3 is 4.90 Å². The van der Waals surface area contributed by atoms with E-state index in [0.717, 1.165) is 6.04 Å². The highest BCUT2D eigenvalue weighted by molar-refractivity contribution is 4.80. The quantitative estimate of drug-likeness (QED) is 0.645. The lowest BCUT2D eigenvalue weighted by Gasteiger charge is -2.39. The summed E-state index contributed by atoms with van der Waals surface area (Å²) < 4.78 is 0. The molecule has 1 rings (SSSR count). The fourth-order valence-corrected chi connectivity index (χ4v) is 3.25. The van der Waals surface area contributed by atoms with Gasteiger partial charge in [0.15, 0.2) is 0 Å². The van der Waals surface area contributed by atoms with E-state index in [1.807, 2.05) is 0 Å². The van der Waals surface area contributed by atoms with E-state index in [-0.39, 0.29) is 0 Å². The summed E-state index contributed by atoms with van der Waals surface area (Å²) in [5, 5.41) is 0. The number of hydrogen-bond donors (Lipinski definition) is 0. The first-order valence-electron chi connectivity index (χ1n) is 7.33. The Labute approximate surface area is 103 Å². The van der Waals surface area contributed by atoms with E-state index in [1.165, 1.54) is 58.0 Å². The van der Waals surface area contributed by atoms with Crippen molar-refractivity contribution in [1.29, 1.82) is 0 Å². The Morgan fingerprint density at radius 2 is 1.69 bits per heavy atom. The maximum absolute atomic E-state index is 2.74. The topological polar surface area (TPSA) is 3.24 Å². The molecule has 0 bridgehead atoms. The third kappa shape index (κ3) is 4.45. The van der Waals surface area contributed by atoms with E-state index in [2.05, 4.69) is 32.6 Å². The largest absolute Gasteiger partial charge is 0.300 e. The van der Waals surface area contributed by atoms with Crippen molar-refractivity contribution in [3.63, 3.8) is 0 Å². The van der Waals surface area contributed by atoms with E-state index in [4.69, 9.17) is 0 Å². The van der Waals surface area contributed by atoms with Gasteiger partial charge in [0.2, 0.25) is 0 Å². The summed E-state index contributed by atoms with van der Waals surface area (Å²) in [7, 11) is 0. The summed E-state index contributed by atoms with van der Waals surface area (Å²) in [5.41, 5.74) is 0.502. The van der Waals surface area contributed by atoms with Crippen molar-refractivity contribution >= 4 is 0 Å². The van der Waals surface area contributed by atoms with E-state index < -0.39 is 0 Å². The standard InChI is InChI=1S/C15H31N/c1-5-12-15(3,4)13-16(6-2)14-10-8-7-9-11-14/h14H,5-13H2,1-4H3. The van der Waals surface area contributed by atoms with Gasteiger partial charge in [0.25, 0.3) is 0 Å². The van der Waals surface area contributed by atoms with Gasteiger partial charge in [-0.1, -0.05) is 53.4 Å². The van der Waals surface area contributed by atoms with Crippen LogP contribution in [-0.2, 0) is 0 Å². The number of hydrogen-bond acceptors (Lipinski definition) is 1. The van der Waals surface area contributed by atoms with Crippen LogP contribution >= 0.6 is 0 Å². The first kappa shape index (κ1) is 14.0. The van der Waals surface area contributed by atoms with Crippen molar-refractivity contribution in [2.24, 2.45) is 5.41 Å². The average molecular weight is 225 g/mol. The third-order valence-electron chi connectivity index (χ3n) is 4.06. The highest BCUT2D eigenvalue weighted by Gasteiger charge is 2.25. The molecule has 0 spiro atoms. The summed E-state index contributed by atoms with van der Waals surface area (Å²) in [5.74, 6) is 0. The molecule has 0 radical (unpaired) electrons. The van der Waals surface area contributed by atoms with E-state index in [9.17, 15) is 0 Å². The van der Waals surface area contributed by atoms with Crippen molar-refractivity contribution in [2.75, 3.05) is 13.1 Å². The Morgan fingerprint density at radius 1 is 1.06 bits per heavy atom. The molecule has 1 saturated carbocycles. The SMILES string of the molecule is CCCC(C)(C)CN(CC)C1CCCCC1. The van der Waals surface area contributed by atoms with Gasteiger partial charge in [0, 0.05) is 12.6 Å². The second-order valence-corrected chi connectivity index (χ2v) is 6.27.